The molecule has 1 aliphatic heterocycles. The standard InChI is InChI=1S/C17H21F2NO3S/c1-12-3-2-4-14(9-12)24(22,23)15-6-5-13(10-15)16(21)20-8-7-17(18,19)11-20/h2-4,9,13,15H,5-8,10-11H2,1H3/t13-,15-/m1/s1. The fourth-order valence-corrected chi connectivity index (χ4v) is 5.55. The molecule has 0 unspecified atom stereocenters. The average molecular weight is 357 g/mol. The van der Waals surface area contributed by atoms with E-state index in [0.29, 0.717) is 12.8 Å². The molecule has 24 heavy (non-hydrogen) atoms. The lowest BCUT2D eigenvalue weighted by Gasteiger charge is -2.20. The van der Waals surface area contributed by atoms with Crippen molar-refractivity contribution in [3.8, 4) is 0 Å². The predicted octanol–water partition coefficient (Wildman–Crippen LogP) is 2.81. The van der Waals surface area contributed by atoms with Crippen LogP contribution in [0.25, 0.3) is 0 Å². The van der Waals surface area contributed by atoms with Gasteiger partial charge in [0.2, 0.25) is 5.91 Å². The monoisotopic (exact) mass is 357 g/mol. The summed E-state index contributed by atoms with van der Waals surface area (Å²) in [6.45, 7) is 1.34. The van der Waals surface area contributed by atoms with Crippen molar-refractivity contribution >= 4 is 15.7 Å². The van der Waals surface area contributed by atoms with Gasteiger partial charge in [0.05, 0.1) is 16.7 Å². The molecule has 4 nitrogen and oxygen atoms in total. The van der Waals surface area contributed by atoms with E-state index in [2.05, 4.69) is 0 Å². The summed E-state index contributed by atoms with van der Waals surface area (Å²) in [5, 5.41) is -0.614. The van der Waals surface area contributed by atoms with Crippen LogP contribution in [0.15, 0.2) is 29.2 Å². The molecule has 0 aromatic heterocycles. The van der Waals surface area contributed by atoms with E-state index in [0.717, 1.165) is 5.56 Å². The van der Waals surface area contributed by atoms with Gasteiger partial charge in [0.25, 0.3) is 5.92 Å². The van der Waals surface area contributed by atoms with Crippen molar-refractivity contribution in [2.24, 2.45) is 5.92 Å². The van der Waals surface area contributed by atoms with Gasteiger partial charge >= 0.3 is 0 Å². The minimum absolute atomic E-state index is 0.0532. The van der Waals surface area contributed by atoms with Crippen LogP contribution >= 0.6 is 0 Å². The Morgan fingerprint density at radius 2 is 2.04 bits per heavy atom. The van der Waals surface area contributed by atoms with E-state index in [1.165, 1.54) is 4.90 Å². The quantitative estimate of drug-likeness (QED) is 0.836. The van der Waals surface area contributed by atoms with E-state index >= 15 is 0 Å². The first-order chi connectivity index (χ1) is 11.2. The third kappa shape index (κ3) is 3.31. The zero-order chi connectivity index (χ0) is 17.5. The van der Waals surface area contributed by atoms with Gasteiger partial charge in [-0.25, -0.2) is 17.2 Å². The Bertz CT molecular complexity index is 748. The molecule has 2 atom stereocenters. The van der Waals surface area contributed by atoms with E-state index in [4.69, 9.17) is 0 Å². The van der Waals surface area contributed by atoms with Crippen LogP contribution in [0.3, 0.4) is 0 Å². The molecule has 1 aliphatic carbocycles. The Labute approximate surface area is 140 Å². The first kappa shape index (κ1) is 17.3. The fraction of sp³-hybridized carbons (Fsp3) is 0.588. The number of sulfone groups is 1. The smallest absolute Gasteiger partial charge is 0.267 e. The van der Waals surface area contributed by atoms with Gasteiger partial charge in [0.15, 0.2) is 9.84 Å². The Morgan fingerprint density at radius 3 is 2.67 bits per heavy atom. The van der Waals surface area contributed by atoms with Crippen molar-refractivity contribution in [3.63, 3.8) is 0 Å². The van der Waals surface area contributed by atoms with Crippen LogP contribution in [0.5, 0.6) is 0 Å². The number of halogens is 2. The number of carbonyl (C=O) groups excluding carboxylic acids is 1. The van der Waals surface area contributed by atoms with E-state index in [1.54, 1.807) is 18.2 Å². The number of hydrogen-bond donors (Lipinski definition) is 0. The van der Waals surface area contributed by atoms with Gasteiger partial charge < -0.3 is 4.90 Å². The molecule has 132 valence electrons. The van der Waals surface area contributed by atoms with E-state index < -0.39 is 33.5 Å². The second-order valence-electron chi connectivity index (χ2n) is 6.86. The Kier molecular flexibility index (Phi) is 4.40. The largest absolute Gasteiger partial charge is 0.336 e. The third-order valence-electron chi connectivity index (χ3n) is 4.97. The predicted molar refractivity (Wildman–Crippen MR) is 85.6 cm³/mol. The van der Waals surface area contributed by atoms with Crippen LogP contribution in [0.1, 0.15) is 31.2 Å². The number of hydrogen-bond acceptors (Lipinski definition) is 3. The SMILES string of the molecule is Cc1cccc(S(=O)(=O)[C@@H]2CC[C@@H](C(=O)N3CCC(F)(F)C3)C2)c1. The second kappa shape index (κ2) is 6.10. The van der Waals surface area contributed by atoms with E-state index in [1.807, 2.05) is 13.0 Å². The van der Waals surface area contributed by atoms with E-state index in [-0.39, 0.29) is 30.2 Å². The van der Waals surface area contributed by atoms with Crippen molar-refractivity contribution in [2.75, 3.05) is 13.1 Å². The molecule has 7 heteroatoms. The Hall–Kier alpha value is -1.50. The van der Waals surface area contributed by atoms with Gasteiger partial charge in [-0.2, -0.15) is 0 Å². The Morgan fingerprint density at radius 1 is 1.29 bits per heavy atom. The number of alkyl halides is 2. The molecule has 0 radical (unpaired) electrons. The number of amides is 1. The molecule has 1 aromatic carbocycles. The Balaban J connectivity index is 1.70. The summed E-state index contributed by atoms with van der Waals surface area (Å²) in [7, 11) is -3.49. The highest BCUT2D eigenvalue weighted by Crippen LogP contribution is 2.36. The number of carbonyl (C=O) groups is 1. The van der Waals surface area contributed by atoms with Crippen LogP contribution in [-0.4, -0.2) is 43.5 Å². The van der Waals surface area contributed by atoms with Crippen molar-refractivity contribution in [1.29, 1.82) is 0 Å². The molecule has 3 rings (SSSR count). The minimum Gasteiger partial charge on any atom is -0.336 e. The first-order valence-electron chi connectivity index (χ1n) is 8.16. The molecule has 0 N–H and O–H groups in total. The zero-order valence-corrected chi connectivity index (χ0v) is 14.4. The second-order valence-corrected chi connectivity index (χ2v) is 9.09. The van der Waals surface area contributed by atoms with Gasteiger partial charge in [-0.05, 0) is 43.9 Å². The maximum Gasteiger partial charge on any atom is 0.267 e. The lowest BCUT2D eigenvalue weighted by Crippen LogP contribution is -2.35. The van der Waals surface area contributed by atoms with Crippen molar-refractivity contribution in [3.05, 3.63) is 29.8 Å². The summed E-state index contributed by atoms with van der Waals surface area (Å²) < 4.78 is 52.0. The summed E-state index contributed by atoms with van der Waals surface area (Å²) in [6.07, 6.45) is 0.751. The van der Waals surface area contributed by atoms with Crippen molar-refractivity contribution in [1.82, 2.24) is 4.90 Å². The number of rotatable bonds is 3. The van der Waals surface area contributed by atoms with Gasteiger partial charge in [0.1, 0.15) is 0 Å². The third-order valence-corrected chi connectivity index (χ3v) is 7.19. The molecule has 1 heterocycles. The molecule has 1 saturated carbocycles. The van der Waals surface area contributed by atoms with Crippen molar-refractivity contribution < 1.29 is 22.0 Å². The summed E-state index contributed by atoms with van der Waals surface area (Å²) in [5.74, 6) is -3.61. The summed E-state index contributed by atoms with van der Waals surface area (Å²) in [4.78, 5) is 13.9. The molecule has 1 aromatic rings. The summed E-state index contributed by atoms with van der Waals surface area (Å²) in [6, 6.07) is 6.73. The number of nitrogens with zero attached hydrogens (tertiary/aromatic N) is 1. The molecular formula is C17H21F2NO3S. The molecule has 1 saturated heterocycles. The molecule has 0 spiro atoms. The van der Waals surface area contributed by atoms with Crippen LogP contribution in [0.4, 0.5) is 8.78 Å². The summed E-state index contributed by atoms with van der Waals surface area (Å²) >= 11 is 0. The highest BCUT2D eigenvalue weighted by molar-refractivity contribution is 7.92. The number of benzene rings is 1. The maximum atomic E-state index is 13.3. The molecule has 2 aliphatic rings. The molecule has 1 amide bonds. The van der Waals surface area contributed by atoms with Gasteiger partial charge in [-0.3, -0.25) is 4.79 Å². The van der Waals surface area contributed by atoms with Gasteiger partial charge in [-0.15, -0.1) is 0 Å². The average Bonchev–Trinajstić information content (AvgIpc) is 3.13. The normalized spacial score (nSPS) is 26.7. The topological polar surface area (TPSA) is 54.5 Å². The zero-order valence-electron chi connectivity index (χ0n) is 13.5. The molecule has 0 bridgehead atoms. The number of aryl methyl sites for hydroxylation is 1. The van der Waals surface area contributed by atoms with Gasteiger partial charge in [-0.1, -0.05) is 12.1 Å². The van der Waals surface area contributed by atoms with Crippen LogP contribution in [0.2, 0.25) is 0 Å². The summed E-state index contributed by atoms with van der Waals surface area (Å²) in [5.41, 5.74) is 0.862. The van der Waals surface area contributed by atoms with Crippen LogP contribution < -0.4 is 0 Å². The van der Waals surface area contributed by atoms with E-state index in [9.17, 15) is 22.0 Å². The molecular weight excluding hydrogens is 336 g/mol. The maximum absolute atomic E-state index is 13.3. The minimum atomic E-state index is -3.49. The molecule has 2 fully saturated rings. The highest BCUT2D eigenvalue weighted by Gasteiger charge is 2.45. The van der Waals surface area contributed by atoms with Crippen LogP contribution in [0, 0.1) is 12.8 Å². The first-order valence-corrected chi connectivity index (χ1v) is 9.71. The highest BCUT2D eigenvalue weighted by atomic mass is 32.2. The van der Waals surface area contributed by atoms with Gasteiger partial charge in [0, 0.05) is 18.9 Å². The van der Waals surface area contributed by atoms with Crippen LogP contribution in [-0.2, 0) is 14.6 Å². The fourth-order valence-electron chi connectivity index (χ4n) is 3.61. The van der Waals surface area contributed by atoms with Crippen molar-refractivity contribution in [2.45, 2.75) is 48.7 Å². The number of likely N-dealkylation sites (tertiary alicyclic amines) is 1. The lowest BCUT2D eigenvalue weighted by molar-refractivity contribution is -0.135. The lowest BCUT2D eigenvalue weighted by atomic mass is 10.1.